The number of hydrogen-bond donors (Lipinski definition) is 1. The quantitative estimate of drug-likeness (QED) is 0.698. The number of rotatable bonds is 6. The van der Waals surface area contributed by atoms with E-state index in [0.29, 0.717) is 28.8 Å². The molecule has 1 N–H and O–H groups in total. The molecule has 0 spiro atoms. The number of para-hydroxylation sites is 1. The van der Waals surface area contributed by atoms with Gasteiger partial charge >= 0.3 is 0 Å². The van der Waals surface area contributed by atoms with Crippen molar-refractivity contribution in [3.05, 3.63) is 60.5 Å². The molecule has 26 heavy (non-hydrogen) atoms. The lowest BCUT2D eigenvalue weighted by Crippen LogP contribution is -1.97. The first kappa shape index (κ1) is 17.5. The Labute approximate surface area is 151 Å². The molecule has 0 fully saturated rings. The largest absolute Gasteiger partial charge is 0.493 e. The highest BCUT2D eigenvalue weighted by atomic mass is 19.1. The molecule has 3 rings (SSSR count). The lowest BCUT2D eigenvalue weighted by Gasteiger charge is -2.14. The summed E-state index contributed by atoms with van der Waals surface area (Å²) in [5, 5.41) is 2.99. The SMILES string of the molecule is COc1cc(-c2ccnc(Nc3ccccc3F)c2)cc(OC)c1OC. The van der Waals surface area contributed by atoms with Gasteiger partial charge in [0.2, 0.25) is 5.75 Å². The molecule has 3 aromatic rings. The van der Waals surface area contributed by atoms with Gasteiger partial charge in [0, 0.05) is 6.20 Å². The molecule has 2 aromatic carbocycles. The summed E-state index contributed by atoms with van der Waals surface area (Å²) < 4.78 is 30.0. The van der Waals surface area contributed by atoms with Crippen molar-refractivity contribution in [2.24, 2.45) is 0 Å². The van der Waals surface area contributed by atoms with E-state index >= 15 is 0 Å². The molecule has 5 nitrogen and oxygen atoms in total. The zero-order valence-electron chi connectivity index (χ0n) is 14.7. The Morgan fingerprint density at radius 1 is 0.846 bits per heavy atom. The fraction of sp³-hybridized carbons (Fsp3) is 0.150. The fourth-order valence-corrected chi connectivity index (χ4v) is 2.63. The maximum absolute atomic E-state index is 13.8. The summed E-state index contributed by atoms with van der Waals surface area (Å²) in [5.41, 5.74) is 2.10. The minimum atomic E-state index is -0.340. The summed E-state index contributed by atoms with van der Waals surface area (Å²) in [5.74, 6) is 1.83. The van der Waals surface area contributed by atoms with Gasteiger partial charge in [0.25, 0.3) is 0 Å². The molecule has 0 unspecified atom stereocenters. The average Bonchev–Trinajstić information content (AvgIpc) is 2.68. The second kappa shape index (κ2) is 7.74. The van der Waals surface area contributed by atoms with E-state index < -0.39 is 0 Å². The summed E-state index contributed by atoms with van der Waals surface area (Å²) in [7, 11) is 4.69. The Kier molecular flexibility index (Phi) is 5.22. The molecular formula is C20H19FN2O3. The van der Waals surface area contributed by atoms with Crippen molar-refractivity contribution in [2.45, 2.75) is 0 Å². The molecule has 134 valence electrons. The number of methoxy groups -OCH3 is 3. The molecule has 0 aliphatic heterocycles. The fourth-order valence-electron chi connectivity index (χ4n) is 2.63. The summed E-state index contributed by atoms with van der Waals surface area (Å²) in [4.78, 5) is 4.26. The highest BCUT2D eigenvalue weighted by Gasteiger charge is 2.14. The molecule has 0 aliphatic carbocycles. The van der Waals surface area contributed by atoms with Crippen LogP contribution >= 0.6 is 0 Å². The molecule has 0 atom stereocenters. The van der Waals surface area contributed by atoms with E-state index in [9.17, 15) is 4.39 Å². The van der Waals surface area contributed by atoms with Crippen LogP contribution in [0.5, 0.6) is 17.2 Å². The average molecular weight is 354 g/mol. The molecule has 1 aromatic heterocycles. The van der Waals surface area contributed by atoms with E-state index in [0.717, 1.165) is 11.1 Å². The first-order valence-electron chi connectivity index (χ1n) is 7.94. The minimum absolute atomic E-state index is 0.340. The van der Waals surface area contributed by atoms with Crippen LogP contribution in [0.2, 0.25) is 0 Å². The van der Waals surface area contributed by atoms with Crippen molar-refractivity contribution >= 4 is 11.5 Å². The Balaban J connectivity index is 1.99. The number of ether oxygens (including phenoxy) is 3. The Bertz CT molecular complexity index is 890. The first-order valence-corrected chi connectivity index (χ1v) is 7.94. The highest BCUT2D eigenvalue weighted by Crippen LogP contribution is 2.41. The predicted octanol–water partition coefficient (Wildman–Crippen LogP) is 4.66. The van der Waals surface area contributed by atoms with Crippen LogP contribution in [0.1, 0.15) is 0 Å². The van der Waals surface area contributed by atoms with Crippen LogP contribution in [0.3, 0.4) is 0 Å². The third-order valence-corrected chi connectivity index (χ3v) is 3.89. The molecule has 1 heterocycles. The van der Waals surface area contributed by atoms with E-state index in [2.05, 4.69) is 10.3 Å². The van der Waals surface area contributed by atoms with Crippen molar-refractivity contribution < 1.29 is 18.6 Å². The smallest absolute Gasteiger partial charge is 0.203 e. The monoisotopic (exact) mass is 354 g/mol. The molecule has 0 radical (unpaired) electrons. The molecule has 0 amide bonds. The number of nitrogens with zero attached hydrogens (tertiary/aromatic N) is 1. The third kappa shape index (κ3) is 3.54. The van der Waals surface area contributed by atoms with Gasteiger partial charge in [0.1, 0.15) is 11.6 Å². The molecular weight excluding hydrogens is 335 g/mol. The Hall–Kier alpha value is -3.28. The molecule has 0 aliphatic rings. The number of nitrogens with one attached hydrogen (secondary N) is 1. The van der Waals surface area contributed by atoms with Crippen molar-refractivity contribution in [3.63, 3.8) is 0 Å². The number of halogens is 1. The van der Waals surface area contributed by atoms with Crippen LogP contribution in [-0.4, -0.2) is 26.3 Å². The number of aromatic nitrogens is 1. The second-order valence-electron chi connectivity index (χ2n) is 5.45. The van der Waals surface area contributed by atoms with Gasteiger partial charge in [-0.1, -0.05) is 12.1 Å². The van der Waals surface area contributed by atoms with Crippen LogP contribution in [0.15, 0.2) is 54.7 Å². The molecule has 0 saturated heterocycles. The van der Waals surface area contributed by atoms with Gasteiger partial charge in [-0.05, 0) is 47.5 Å². The first-order chi connectivity index (χ1) is 12.7. The number of hydrogen-bond acceptors (Lipinski definition) is 5. The maximum Gasteiger partial charge on any atom is 0.203 e. The van der Waals surface area contributed by atoms with Gasteiger partial charge in [-0.25, -0.2) is 9.37 Å². The van der Waals surface area contributed by atoms with Crippen LogP contribution in [0.25, 0.3) is 11.1 Å². The van der Waals surface area contributed by atoms with Crippen molar-refractivity contribution in [2.75, 3.05) is 26.6 Å². The van der Waals surface area contributed by atoms with Crippen molar-refractivity contribution in [1.82, 2.24) is 4.98 Å². The Morgan fingerprint density at radius 3 is 2.15 bits per heavy atom. The zero-order valence-corrected chi connectivity index (χ0v) is 14.7. The van der Waals surface area contributed by atoms with Gasteiger partial charge < -0.3 is 19.5 Å². The van der Waals surface area contributed by atoms with Gasteiger partial charge in [-0.15, -0.1) is 0 Å². The normalized spacial score (nSPS) is 10.3. The molecule has 6 heteroatoms. The van der Waals surface area contributed by atoms with Gasteiger partial charge in [-0.2, -0.15) is 0 Å². The topological polar surface area (TPSA) is 52.6 Å². The van der Waals surface area contributed by atoms with Gasteiger partial charge in [-0.3, -0.25) is 0 Å². The van der Waals surface area contributed by atoms with Crippen LogP contribution in [0, 0.1) is 5.82 Å². The molecule has 0 saturated carbocycles. The van der Waals surface area contributed by atoms with Gasteiger partial charge in [0.15, 0.2) is 11.5 Å². The van der Waals surface area contributed by atoms with Crippen LogP contribution < -0.4 is 19.5 Å². The van der Waals surface area contributed by atoms with E-state index in [1.165, 1.54) is 6.07 Å². The van der Waals surface area contributed by atoms with E-state index in [-0.39, 0.29) is 5.82 Å². The summed E-state index contributed by atoms with van der Waals surface area (Å²) >= 11 is 0. The second-order valence-corrected chi connectivity index (χ2v) is 5.45. The Morgan fingerprint density at radius 2 is 1.54 bits per heavy atom. The third-order valence-electron chi connectivity index (χ3n) is 3.89. The summed E-state index contributed by atoms with van der Waals surface area (Å²) in [6.07, 6.45) is 1.65. The van der Waals surface area contributed by atoms with E-state index in [1.54, 1.807) is 45.7 Å². The van der Waals surface area contributed by atoms with Crippen molar-refractivity contribution in [3.8, 4) is 28.4 Å². The standard InChI is InChI=1S/C20H19FN2O3/c1-24-17-10-14(11-18(25-2)20(17)26-3)13-8-9-22-19(12-13)23-16-7-5-4-6-15(16)21/h4-12H,1-3H3,(H,22,23). The molecule has 0 bridgehead atoms. The maximum atomic E-state index is 13.8. The van der Waals surface area contributed by atoms with Gasteiger partial charge in [0.05, 0.1) is 27.0 Å². The highest BCUT2D eigenvalue weighted by molar-refractivity contribution is 5.73. The van der Waals surface area contributed by atoms with Crippen LogP contribution in [-0.2, 0) is 0 Å². The summed E-state index contributed by atoms with van der Waals surface area (Å²) in [6.45, 7) is 0. The zero-order chi connectivity index (χ0) is 18.5. The lowest BCUT2D eigenvalue weighted by atomic mass is 10.1. The minimum Gasteiger partial charge on any atom is -0.493 e. The van der Waals surface area contributed by atoms with Crippen LogP contribution in [0.4, 0.5) is 15.9 Å². The number of pyridine rings is 1. The summed E-state index contributed by atoms with van der Waals surface area (Å²) in [6, 6.07) is 13.8. The number of benzene rings is 2. The van der Waals surface area contributed by atoms with Crippen molar-refractivity contribution in [1.29, 1.82) is 0 Å². The van der Waals surface area contributed by atoms with E-state index in [1.807, 2.05) is 24.3 Å². The predicted molar refractivity (Wildman–Crippen MR) is 99.0 cm³/mol. The number of anilines is 2. The van der Waals surface area contributed by atoms with E-state index in [4.69, 9.17) is 14.2 Å². The lowest BCUT2D eigenvalue weighted by molar-refractivity contribution is 0.324.